The number of aryl methyl sites for hydroxylation is 2. The first kappa shape index (κ1) is 10.5. The van der Waals surface area contributed by atoms with E-state index < -0.39 is 5.97 Å². The summed E-state index contributed by atoms with van der Waals surface area (Å²) in [6.45, 7) is 1.96. The standard InChI is InChI=1S/C9H11ClO2S/c1-6-5-7(13-9(6)10)3-2-4-8(11)12/h5H,2-4H2,1H3,(H,11,12). The van der Waals surface area contributed by atoms with Crippen molar-refractivity contribution in [3.05, 3.63) is 20.8 Å². The van der Waals surface area contributed by atoms with E-state index in [1.54, 1.807) is 0 Å². The second-order valence-electron chi connectivity index (χ2n) is 2.92. The van der Waals surface area contributed by atoms with Crippen LogP contribution in [0.5, 0.6) is 0 Å². The highest BCUT2D eigenvalue weighted by Crippen LogP contribution is 2.27. The molecule has 0 saturated heterocycles. The molecule has 2 nitrogen and oxygen atoms in total. The minimum atomic E-state index is -0.737. The Kier molecular flexibility index (Phi) is 3.75. The number of hydrogen-bond donors (Lipinski definition) is 1. The molecule has 1 N–H and O–H groups in total. The van der Waals surface area contributed by atoms with Gasteiger partial charge in [0.1, 0.15) is 0 Å². The number of halogens is 1. The van der Waals surface area contributed by atoms with E-state index in [9.17, 15) is 4.79 Å². The Balaban J connectivity index is 2.41. The molecule has 0 aromatic carbocycles. The quantitative estimate of drug-likeness (QED) is 0.843. The number of aliphatic carboxylic acids is 1. The van der Waals surface area contributed by atoms with Gasteiger partial charge in [-0.15, -0.1) is 11.3 Å². The summed E-state index contributed by atoms with van der Waals surface area (Å²) in [5, 5.41) is 8.43. The zero-order valence-corrected chi connectivity index (χ0v) is 8.91. The van der Waals surface area contributed by atoms with E-state index in [4.69, 9.17) is 16.7 Å². The van der Waals surface area contributed by atoms with Crippen molar-refractivity contribution in [1.29, 1.82) is 0 Å². The molecule has 72 valence electrons. The Hall–Kier alpha value is -0.540. The molecule has 0 saturated carbocycles. The molecule has 1 rings (SSSR count). The second kappa shape index (κ2) is 4.63. The van der Waals surface area contributed by atoms with Gasteiger partial charge in [-0.3, -0.25) is 4.79 Å². The number of carboxylic acids is 1. The van der Waals surface area contributed by atoms with Crippen LogP contribution < -0.4 is 0 Å². The zero-order chi connectivity index (χ0) is 9.84. The highest BCUT2D eigenvalue weighted by molar-refractivity contribution is 7.16. The summed E-state index contributed by atoms with van der Waals surface area (Å²) in [7, 11) is 0. The minimum Gasteiger partial charge on any atom is -0.481 e. The molecule has 0 aliphatic rings. The van der Waals surface area contributed by atoms with Crippen LogP contribution in [0.25, 0.3) is 0 Å². The predicted octanol–water partition coefficient (Wildman–Crippen LogP) is 3.12. The first-order valence-electron chi connectivity index (χ1n) is 4.06. The Labute approximate surface area is 86.2 Å². The fraction of sp³-hybridized carbons (Fsp3) is 0.444. The van der Waals surface area contributed by atoms with Gasteiger partial charge in [-0.2, -0.15) is 0 Å². The van der Waals surface area contributed by atoms with Crippen molar-refractivity contribution >= 4 is 28.9 Å². The van der Waals surface area contributed by atoms with E-state index in [1.807, 2.05) is 13.0 Å². The lowest BCUT2D eigenvalue weighted by atomic mass is 10.2. The highest BCUT2D eigenvalue weighted by atomic mass is 35.5. The van der Waals surface area contributed by atoms with E-state index in [-0.39, 0.29) is 6.42 Å². The fourth-order valence-electron chi connectivity index (χ4n) is 1.06. The van der Waals surface area contributed by atoms with Gasteiger partial charge in [-0.25, -0.2) is 0 Å². The van der Waals surface area contributed by atoms with Crippen LogP contribution in [0.2, 0.25) is 4.34 Å². The van der Waals surface area contributed by atoms with Gasteiger partial charge in [0.25, 0.3) is 0 Å². The zero-order valence-electron chi connectivity index (χ0n) is 7.34. The molecule has 0 amide bonds. The molecule has 0 aliphatic carbocycles. The molecule has 1 aromatic heterocycles. The molecule has 0 aliphatic heterocycles. The summed E-state index contributed by atoms with van der Waals surface area (Å²) in [5.74, 6) is -0.737. The van der Waals surface area contributed by atoms with E-state index >= 15 is 0 Å². The SMILES string of the molecule is Cc1cc(CCCC(=O)O)sc1Cl. The highest BCUT2D eigenvalue weighted by Gasteiger charge is 2.03. The van der Waals surface area contributed by atoms with Crippen LogP contribution in [-0.4, -0.2) is 11.1 Å². The van der Waals surface area contributed by atoms with Crippen molar-refractivity contribution in [2.45, 2.75) is 26.2 Å². The average Bonchev–Trinajstić information content (AvgIpc) is 2.30. The van der Waals surface area contributed by atoms with Crippen LogP contribution in [0.1, 0.15) is 23.3 Å². The summed E-state index contributed by atoms with van der Waals surface area (Å²) >= 11 is 7.41. The largest absolute Gasteiger partial charge is 0.481 e. The van der Waals surface area contributed by atoms with Crippen molar-refractivity contribution in [2.24, 2.45) is 0 Å². The fourth-order valence-corrected chi connectivity index (χ4v) is 2.34. The van der Waals surface area contributed by atoms with Crippen molar-refractivity contribution < 1.29 is 9.90 Å². The lowest BCUT2D eigenvalue weighted by molar-refractivity contribution is -0.137. The third kappa shape index (κ3) is 3.36. The number of carboxylic acid groups (broad SMARTS) is 1. The van der Waals surface area contributed by atoms with Crippen LogP contribution in [-0.2, 0) is 11.2 Å². The molecule has 0 fully saturated rings. The van der Waals surface area contributed by atoms with Crippen molar-refractivity contribution in [3.8, 4) is 0 Å². The maximum atomic E-state index is 10.2. The third-order valence-electron chi connectivity index (χ3n) is 1.72. The Morgan fingerprint density at radius 2 is 2.38 bits per heavy atom. The van der Waals surface area contributed by atoms with Crippen molar-refractivity contribution in [1.82, 2.24) is 0 Å². The van der Waals surface area contributed by atoms with Gasteiger partial charge in [0.05, 0.1) is 4.34 Å². The molecule has 4 heteroatoms. The smallest absolute Gasteiger partial charge is 0.303 e. The maximum Gasteiger partial charge on any atom is 0.303 e. The second-order valence-corrected chi connectivity index (χ2v) is 4.66. The molecule has 0 unspecified atom stereocenters. The summed E-state index contributed by atoms with van der Waals surface area (Å²) < 4.78 is 0.810. The average molecular weight is 219 g/mol. The molecule has 1 aromatic rings. The summed E-state index contributed by atoms with van der Waals surface area (Å²) in [6, 6.07) is 2.02. The van der Waals surface area contributed by atoms with Gasteiger partial charge < -0.3 is 5.11 Å². The molecule has 0 radical (unpaired) electrons. The molecular formula is C9H11ClO2S. The summed E-state index contributed by atoms with van der Waals surface area (Å²) in [5.41, 5.74) is 1.08. The van der Waals surface area contributed by atoms with Gasteiger partial charge >= 0.3 is 5.97 Å². The van der Waals surface area contributed by atoms with Gasteiger partial charge in [0, 0.05) is 11.3 Å². The van der Waals surface area contributed by atoms with Gasteiger partial charge in [-0.1, -0.05) is 11.6 Å². The molecule has 0 atom stereocenters. The first-order valence-corrected chi connectivity index (χ1v) is 5.25. The molecule has 1 heterocycles. The van der Waals surface area contributed by atoms with E-state index in [1.165, 1.54) is 16.2 Å². The molecule has 13 heavy (non-hydrogen) atoms. The molecule has 0 spiro atoms. The predicted molar refractivity (Wildman–Crippen MR) is 54.6 cm³/mol. The Morgan fingerprint density at radius 1 is 1.69 bits per heavy atom. The normalized spacial score (nSPS) is 10.3. The van der Waals surface area contributed by atoms with Crippen LogP contribution in [0.15, 0.2) is 6.07 Å². The first-order chi connectivity index (χ1) is 6.09. The lowest BCUT2D eigenvalue weighted by Crippen LogP contribution is -1.94. The van der Waals surface area contributed by atoms with Crippen LogP contribution in [0, 0.1) is 6.92 Å². The number of carbonyl (C=O) groups is 1. The van der Waals surface area contributed by atoms with Crippen LogP contribution in [0.3, 0.4) is 0 Å². The summed E-state index contributed by atoms with van der Waals surface area (Å²) in [4.78, 5) is 11.4. The number of rotatable bonds is 4. The van der Waals surface area contributed by atoms with E-state index in [0.717, 1.165) is 16.3 Å². The van der Waals surface area contributed by atoms with Gasteiger partial charge in [0.2, 0.25) is 0 Å². The molecular weight excluding hydrogens is 208 g/mol. The molecule has 0 bridgehead atoms. The lowest BCUT2D eigenvalue weighted by Gasteiger charge is -1.92. The number of thiophene rings is 1. The van der Waals surface area contributed by atoms with Crippen molar-refractivity contribution in [3.63, 3.8) is 0 Å². The minimum absolute atomic E-state index is 0.231. The van der Waals surface area contributed by atoms with Gasteiger partial charge in [0.15, 0.2) is 0 Å². The van der Waals surface area contributed by atoms with Gasteiger partial charge in [-0.05, 0) is 31.4 Å². The monoisotopic (exact) mass is 218 g/mol. The third-order valence-corrected chi connectivity index (χ3v) is 3.34. The summed E-state index contributed by atoms with van der Waals surface area (Å²) in [6.07, 6.45) is 1.73. The topological polar surface area (TPSA) is 37.3 Å². The Morgan fingerprint density at radius 3 is 2.85 bits per heavy atom. The van der Waals surface area contributed by atoms with Crippen molar-refractivity contribution in [2.75, 3.05) is 0 Å². The van der Waals surface area contributed by atoms with Crippen LogP contribution >= 0.6 is 22.9 Å². The number of hydrogen-bond acceptors (Lipinski definition) is 2. The van der Waals surface area contributed by atoms with Crippen LogP contribution in [0.4, 0.5) is 0 Å². The van der Waals surface area contributed by atoms with E-state index in [0.29, 0.717) is 6.42 Å². The van der Waals surface area contributed by atoms with E-state index in [2.05, 4.69) is 0 Å². The maximum absolute atomic E-state index is 10.2. The Bertz CT molecular complexity index is 287.